The van der Waals surface area contributed by atoms with Crippen LogP contribution in [0.5, 0.6) is 0 Å². The summed E-state index contributed by atoms with van der Waals surface area (Å²) < 4.78 is 5.64. The highest BCUT2D eigenvalue weighted by Gasteiger charge is 2.31. The van der Waals surface area contributed by atoms with E-state index in [1.54, 1.807) is 11.3 Å². The maximum Gasteiger partial charge on any atom is 0.227 e. The SMILES string of the molecule is CCCN1CCN(CC2=CCCOC2)CC(Cc2ccccc2-c2cccs2)C1=O. The monoisotopic (exact) mass is 424 g/mol. The molecule has 160 valence electrons. The topological polar surface area (TPSA) is 32.8 Å². The van der Waals surface area contributed by atoms with Gasteiger partial charge in [-0.25, -0.2) is 0 Å². The fourth-order valence-electron chi connectivity index (χ4n) is 4.54. The van der Waals surface area contributed by atoms with Gasteiger partial charge in [-0.05, 0) is 47.4 Å². The minimum absolute atomic E-state index is 0.00901. The second kappa shape index (κ2) is 10.4. The molecule has 2 aliphatic rings. The van der Waals surface area contributed by atoms with Crippen molar-refractivity contribution in [2.75, 3.05) is 45.9 Å². The molecule has 2 aromatic rings. The van der Waals surface area contributed by atoms with E-state index in [4.69, 9.17) is 4.74 Å². The fourth-order valence-corrected chi connectivity index (χ4v) is 5.33. The summed E-state index contributed by atoms with van der Waals surface area (Å²) in [5.74, 6) is 0.305. The van der Waals surface area contributed by atoms with Crippen molar-refractivity contribution in [2.45, 2.75) is 26.2 Å². The highest BCUT2D eigenvalue weighted by molar-refractivity contribution is 7.13. The molecule has 1 amide bonds. The summed E-state index contributed by atoms with van der Waals surface area (Å²) in [5, 5.41) is 2.12. The van der Waals surface area contributed by atoms with Gasteiger partial charge in [0.1, 0.15) is 0 Å². The Morgan fingerprint density at radius 3 is 2.83 bits per heavy atom. The van der Waals surface area contributed by atoms with Gasteiger partial charge in [0.05, 0.1) is 19.1 Å². The minimum atomic E-state index is -0.00901. The summed E-state index contributed by atoms with van der Waals surface area (Å²) in [6, 6.07) is 12.8. The third-order valence-electron chi connectivity index (χ3n) is 6.00. The van der Waals surface area contributed by atoms with Gasteiger partial charge in [0, 0.05) is 37.6 Å². The number of hydrogen-bond acceptors (Lipinski definition) is 4. The van der Waals surface area contributed by atoms with E-state index < -0.39 is 0 Å². The average Bonchev–Trinajstić information content (AvgIpc) is 3.27. The molecule has 4 rings (SSSR count). The largest absolute Gasteiger partial charge is 0.377 e. The number of ether oxygens (including phenoxy) is 1. The van der Waals surface area contributed by atoms with Gasteiger partial charge in [0.15, 0.2) is 0 Å². The van der Waals surface area contributed by atoms with Crippen molar-refractivity contribution < 1.29 is 9.53 Å². The van der Waals surface area contributed by atoms with Crippen LogP contribution >= 0.6 is 11.3 Å². The Morgan fingerprint density at radius 1 is 1.17 bits per heavy atom. The van der Waals surface area contributed by atoms with Crippen molar-refractivity contribution in [1.29, 1.82) is 0 Å². The average molecular weight is 425 g/mol. The van der Waals surface area contributed by atoms with Crippen molar-refractivity contribution in [3.05, 3.63) is 59.0 Å². The molecule has 4 nitrogen and oxygen atoms in total. The predicted octanol–water partition coefficient (Wildman–Crippen LogP) is 4.47. The Balaban J connectivity index is 1.55. The standard InChI is InChI=1S/C25H32N2O2S/c1-2-11-27-13-12-26(17-20-7-5-14-29-19-20)18-22(25(27)28)16-21-8-3-4-9-23(21)24-10-6-15-30-24/h3-4,6-10,15,22H,2,5,11-14,16-19H2,1H3. The van der Waals surface area contributed by atoms with E-state index >= 15 is 0 Å². The van der Waals surface area contributed by atoms with E-state index in [0.717, 1.165) is 65.2 Å². The van der Waals surface area contributed by atoms with Crippen LogP contribution in [0, 0.1) is 5.92 Å². The lowest BCUT2D eigenvalue weighted by molar-refractivity contribution is -0.134. The summed E-state index contributed by atoms with van der Waals surface area (Å²) in [4.78, 5) is 19.3. The van der Waals surface area contributed by atoms with Gasteiger partial charge >= 0.3 is 0 Å². The number of thiophene rings is 1. The van der Waals surface area contributed by atoms with Crippen LogP contribution in [0.3, 0.4) is 0 Å². The Hall–Kier alpha value is -1.95. The molecular weight excluding hydrogens is 392 g/mol. The first-order valence-corrected chi connectivity index (χ1v) is 12.0. The van der Waals surface area contributed by atoms with Gasteiger partial charge in [-0.2, -0.15) is 0 Å². The van der Waals surface area contributed by atoms with Crippen LogP contribution in [0.25, 0.3) is 10.4 Å². The summed E-state index contributed by atoms with van der Waals surface area (Å²) in [7, 11) is 0. The van der Waals surface area contributed by atoms with Gasteiger partial charge < -0.3 is 9.64 Å². The lowest BCUT2D eigenvalue weighted by Crippen LogP contribution is -2.38. The van der Waals surface area contributed by atoms with Crippen LogP contribution in [-0.4, -0.2) is 61.6 Å². The number of nitrogens with zero attached hydrogens (tertiary/aromatic N) is 2. The summed E-state index contributed by atoms with van der Waals surface area (Å²) in [5.41, 5.74) is 3.90. The Kier molecular flexibility index (Phi) is 7.37. The molecule has 3 heterocycles. The Morgan fingerprint density at radius 2 is 2.07 bits per heavy atom. The van der Waals surface area contributed by atoms with Crippen LogP contribution in [0.4, 0.5) is 0 Å². The van der Waals surface area contributed by atoms with E-state index in [2.05, 4.69) is 64.6 Å². The molecule has 5 heteroatoms. The highest BCUT2D eigenvalue weighted by Crippen LogP contribution is 2.30. The molecule has 1 aromatic carbocycles. The van der Waals surface area contributed by atoms with Crippen LogP contribution in [-0.2, 0) is 16.0 Å². The molecule has 0 radical (unpaired) electrons. The first kappa shape index (κ1) is 21.3. The van der Waals surface area contributed by atoms with Crippen molar-refractivity contribution in [1.82, 2.24) is 9.80 Å². The van der Waals surface area contributed by atoms with Crippen molar-refractivity contribution in [3.8, 4) is 10.4 Å². The molecule has 0 aliphatic carbocycles. The first-order valence-electron chi connectivity index (χ1n) is 11.1. The van der Waals surface area contributed by atoms with Crippen molar-refractivity contribution in [3.63, 3.8) is 0 Å². The second-order valence-corrected chi connectivity index (χ2v) is 9.25. The Bertz CT molecular complexity index is 862. The number of rotatable bonds is 7. The highest BCUT2D eigenvalue weighted by atomic mass is 32.1. The normalized spacial score (nSPS) is 20.8. The number of hydrogen-bond donors (Lipinski definition) is 0. The van der Waals surface area contributed by atoms with E-state index in [0.29, 0.717) is 5.91 Å². The molecule has 0 bridgehead atoms. The molecule has 0 spiro atoms. The fraction of sp³-hybridized carbons (Fsp3) is 0.480. The molecule has 1 saturated heterocycles. The van der Waals surface area contributed by atoms with Gasteiger partial charge in [0.25, 0.3) is 0 Å². The Labute approximate surface area is 184 Å². The van der Waals surface area contributed by atoms with Crippen LogP contribution in [0.15, 0.2) is 53.4 Å². The van der Waals surface area contributed by atoms with Crippen LogP contribution in [0.1, 0.15) is 25.3 Å². The molecular formula is C25H32N2O2S. The van der Waals surface area contributed by atoms with Gasteiger partial charge in [0.2, 0.25) is 5.91 Å². The lowest BCUT2D eigenvalue weighted by atomic mass is 9.93. The van der Waals surface area contributed by atoms with Gasteiger partial charge in [-0.15, -0.1) is 11.3 Å². The van der Waals surface area contributed by atoms with Gasteiger partial charge in [-0.3, -0.25) is 9.69 Å². The first-order chi connectivity index (χ1) is 14.7. The molecule has 1 unspecified atom stereocenters. The molecule has 1 fully saturated rings. The van der Waals surface area contributed by atoms with E-state index in [9.17, 15) is 4.79 Å². The zero-order chi connectivity index (χ0) is 20.8. The number of amides is 1. The van der Waals surface area contributed by atoms with Crippen molar-refractivity contribution >= 4 is 17.2 Å². The van der Waals surface area contributed by atoms with Crippen LogP contribution < -0.4 is 0 Å². The molecule has 1 aromatic heterocycles. The summed E-state index contributed by atoms with van der Waals surface area (Å²) in [6.07, 6.45) is 5.12. The zero-order valence-corrected chi connectivity index (χ0v) is 18.7. The molecule has 1 atom stereocenters. The quantitative estimate of drug-likeness (QED) is 0.615. The predicted molar refractivity (Wildman–Crippen MR) is 124 cm³/mol. The third-order valence-corrected chi connectivity index (χ3v) is 6.90. The maximum absolute atomic E-state index is 13.4. The number of carbonyl (C=O) groups excluding carboxylic acids is 1. The molecule has 2 aliphatic heterocycles. The van der Waals surface area contributed by atoms with Gasteiger partial charge in [-0.1, -0.05) is 43.3 Å². The minimum Gasteiger partial charge on any atom is -0.377 e. The van der Waals surface area contributed by atoms with E-state index in [1.165, 1.54) is 21.6 Å². The lowest BCUT2D eigenvalue weighted by Gasteiger charge is -2.26. The maximum atomic E-state index is 13.4. The van der Waals surface area contributed by atoms with Crippen LogP contribution in [0.2, 0.25) is 0 Å². The number of benzene rings is 1. The summed E-state index contributed by atoms with van der Waals surface area (Å²) in [6.45, 7) is 8.05. The third kappa shape index (κ3) is 5.20. The van der Waals surface area contributed by atoms with E-state index in [-0.39, 0.29) is 5.92 Å². The zero-order valence-electron chi connectivity index (χ0n) is 17.9. The second-order valence-electron chi connectivity index (χ2n) is 8.30. The molecule has 30 heavy (non-hydrogen) atoms. The molecule has 0 N–H and O–H groups in total. The number of carbonyl (C=O) groups is 1. The summed E-state index contributed by atoms with van der Waals surface area (Å²) >= 11 is 1.76. The smallest absolute Gasteiger partial charge is 0.227 e. The van der Waals surface area contributed by atoms with Crippen molar-refractivity contribution in [2.24, 2.45) is 5.92 Å². The van der Waals surface area contributed by atoms with E-state index in [1.807, 2.05) is 0 Å². The molecule has 0 saturated carbocycles.